The number of thiophene rings is 1. The molecule has 0 amide bonds. The van der Waals surface area contributed by atoms with Gasteiger partial charge in [-0.2, -0.15) is 0 Å². The lowest BCUT2D eigenvalue weighted by Gasteiger charge is -1.92. The minimum Gasteiger partial charge on any atom is -0.149 e. The van der Waals surface area contributed by atoms with Gasteiger partial charge >= 0.3 is 0 Å². The van der Waals surface area contributed by atoms with Gasteiger partial charge < -0.3 is 0 Å². The molecule has 0 saturated heterocycles. The molecule has 0 aromatic carbocycles. The third-order valence-corrected chi connectivity index (χ3v) is 2.32. The minimum atomic E-state index is 0.676. The quantitative estimate of drug-likeness (QED) is 0.603. The lowest BCUT2D eigenvalue weighted by atomic mass is 10.2. The van der Waals surface area contributed by atoms with Gasteiger partial charge in [-0.25, -0.2) is 0 Å². The molecule has 1 aromatic rings. The molecule has 0 spiro atoms. The third-order valence-electron chi connectivity index (χ3n) is 1.42. The van der Waals surface area contributed by atoms with E-state index < -0.39 is 0 Å². The van der Waals surface area contributed by atoms with Gasteiger partial charge in [0.2, 0.25) is 0 Å². The van der Waals surface area contributed by atoms with E-state index in [0.717, 1.165) is 6.42 Å². The molecule has 0 atom stereocenters. The molecule has 0 fully saturated rings. The second-order valence-corrected chi connectivity index (χ2v) is 3.99. The lowest BCUT2D eigenvalue weighted by Crippen LogP contribution is -1.78. The van der Waals surface area contributed by atoms with Gasteiger partial charge in [-0.15, -0.1) is 11.3 Å². The standard InChI is InChI=1S/C10H14S/c1-9(2)5-3-6-10-7-4-8-11-10/h3-5,7-9H,6H2,1-2H3/b5-3-. The van der Waals surface area contributed by atoms with Crippen molar-refractivity contribution in [1.29, 1.82) is 0 Å². The number of hydrogen-bond acceptors (Lipinski definition) is 1. The Balaban J connectivity index is 2.34. The van der Waals surface area contributed by atoms with Crippen molar-refractivity contribution in [3.8, 4) is 0 Å². The Morgan fingerprint density at radius 3 is 2.91 bits per heavy atom. The molecular weight excluding hydrogens is 152 g/mol. The van der Waals surface area contributed by atoms with E-state index in [-0.39, 0.29) is 0 Å². The molecular formula is C10H14S. The molecule has 1 aromatic heterocycles. The van der Waals surface area contributed by atoms with Gasteiger partial charge in [-0.05, 0) is 23.8 Å². The molecule has 0 aliphatic rings. The Hall–Kier alpha value is -0.560. The van der Waals surface area contributed by atoms with Crippen molar-refractivity contribution in [2.45, 2.75) is 20.3 Å². The van der Waals surface area contributed by atoms with E-state index in [1.54, 1.807) is 0 Å². The highest BCUT2D eigenvalue weighted by atomic mass is 32.1. The van der Waals surface area contributed by atoms with Crippen LogP contribution in [0.3, 0.4) is 0 Å². The molecule has 0 saturated carbocycles. The number of hydrogen-bond donors (Lipinski definition) is 0. The fourth-order valence-corrected chi connectivity index (χ4v) is 1.57. The molecule has 0 unspecified atom stereocenters. The van der Waals surface area contributed by atoms with E-state index >= 15 is 0 Å². The lowest BCUT2D eigenvalue weighted by molar-refractivity contribution is 0.827. The molecule has 1 heteroatoms. The summed E-state index contributed by atoms with van der Waals surface area (Å²) in [6.45, 7) is 4.40. The first-order chi connectivity index (χ1) is 5.29. The van der Waals surface area contributed by atoms with E-state index in [9.17, 15) is 0 Å². The topological polar surface area (TPSA) is 0 Å². The van der Waals surface area contributed by atoms with Crippen LogP contribution in [0.4, 0.5) is 0 Å². The van der Waals surface area contributed by atoms with Gasteiger partial charge in [-0.1, -0.05) is 32.1 Å². The Labute approximate surface area is 72.6 Å². The van der Waals surface area contributed by atoms with E-state index in [2.05, 4.69) is 43.5 Å². The summed E-state index contributed by atoms with van der Waals surface area (Å²) in [4.78, 5) is 1.45. The van der Waals surface area contributed by atoms with Crippen LogP contribution in [-0.2, 0) is 6.42 Å². The number of allylic oxidation sites excluding steroid dienone is 2. The average Bonchev–Trinajstić information content (AvgIpc) is 2.39. The first-order valence-corrected chi connectivity index (χ1v) is 4.86. The molecule has 60 valence electrons. The second-order valence-electron chi connectivity index (χ2n) is 2.96. The average molecular weight is 166 g/mol. The van der Waals surface area contributed by atoms with Crippen LogP contribution in [-0.4, -0.2) is 0 Å². The Morgan fingerprint density at radius 1 is 1.55 bits per heavy atom. The van der Waals surface area contributed by atoms with Gasteiger partial charge in [0.1, 0.15) is 0 Å². The highest BCUT2D eigenvalue weighted by molar-refractivity contribution is 7.09. The van der Waals surface area contributed by atoms with Crippen molar-refractivity contribution in [2.24, 2.45) is 5.92 Å². The molecule has 1 rings (SSSR count). The SMILES string of the molecule is CC(C)/C=C\Cc1cccs1. The summed E-state index contributed by atoms with van der Waals surface area (Å²) < 4.78 is 0. The van der Waals surface area contributed by atoms with Crippen molar-refractivity contribution >= 4 is 11.3 Å². The zero-order valence-corrected chi connectivity index (χ0v) is 7.90. The van der Waals surface area contributed by atoms with Gasteiger partial charge in [-0.3, -0.25) is 0 Å². The van der Waals surface area contributed by atoms with Crippen molar-refractivity contribution in [2.75, 3.05) is 0 Å². The zero-order valence-electron chi connectivity index (χ0n) is 7.08. The maximum absolute atomic E-state index is 2.25. The summed E-state index contributed by atoms with van der Waals surface area (Å²) in [6.07, 6.45) is 5.59. The highest BCUT2D eigenvalue weighted by Gasteiger charge is 1.88. The maximum atomic E-state index is 2.25. The third kappa shape index (κ3) is 3.38. The fourth-order valence-electron chi connectivity index (χ4n) is 0.885. The van der Waals surface area contributed by atoms with Crippen LogP contribution in [0.2, 0.25) is 0 Å². The normalized spacial score (nSPS) is 11.5. The zero-order chi connectivity index (χ0) is 8.10. The number of rotatable bonds is 3. The first-order valence-electron chi connectivity index (χ1n) is 3.98. The molecule has 0 bridgehead atoms. The molecule has 0 aliphatic carbocycles. The largest absolute Gasteiger partial charge is 0.149 e. The second kappa shape index (κ2) is 4.35. The summed E-state index contributed by atoms with van der Waals surface area (Å²) in [5, 5.41) is 2.12. The summed E-state index contributed by atoms with van der Waals surface area (Å²) >= 11 is 1.82. The predicted octanol–water partition coefficient (Wildman–Crippen LogP) is 3.50. The van der Waals surface area contributed by atoms with Crippen molar-refractivity contribution in [3.05, 3.63) is 34.5 Å². The van der Waals surface area contributed by atoms with Crippen molar-refractivity contribution in [3.63, 3.8) is 0 Å². The van der Waals surface area contributed by atoms with Gasteiger partial charge in [0.15, 0.2) is 0 Å². The Kier molecular flexibility index (Phi) is 3.37. The van der Waals surface area contributed by atoms with Gasteiger partial charge in [0, 0.05) is 4.88 Å². The molecule has 0 nitrogen and oxygen atoms in total. The van der Waals surface area contributed by atoms with E-state index in [0.29, 0.717) is 5.92 Å². The smallest absolute Gasteiger partial charge is 0.00828 e. The monoisotopic (exact) mass is 166 g/mol. The van der Waals surface area contributed by atoms with E-state index in [1.807, 2.05) is 11.3 Å². The van der Waals surface area contributed by atoms with Crippen LogP contribution in [0.5, 0.6) is 0 Å². The first kappa shape index (κ1) is 8.54. The summed E-state index contributed by atoms with van der Waals surface area (Å²) in [5.74, 6) is 0.676. The van der Waals surface area contributed by atoms with Gasteiger partial charge in [0.05, 0.1) is 0 Å². The summed E-state index contributed by atoms with van der Waals surface area (Å²) in [7, 11) is 0. The molecule has 0 aliphatic heterocycles. The van der Waals surface area contributed by atoms with Crippen LogP contribution >= 0.6 is 11.3 Å². The van der Waals surface area contributed by atoms with E-state index in [4.69, 9.17) is 0 Å². The highest BCUT2D eigenvalue weighted by Crippen LogP contribution is 2.09. The predicted molar refractivity (Wildman–Crippen MR) is 52.0 cm³/mol. The summed E-state index contributed by atoms with van der Waals surface area (Å²) in [6, 6.07) is 4.28. The van der Waals surface area contributed by atoms with Crippen molar-refractivity contribution < 1.29 is 0 Å². The molecule has 0 radical (unpaired) electrons. The van der Waals surface area contributed by atoms with E-state index in [1.165, 1.54) is 4.88 Å². The van der Waals surface area contributed by atoms with Crippen LogP contribution in [0.15, 0.2) is 29.7 Å². The van der Waals surface area contributed by atoms with Crippen LogP contribution in [0.1, 0.15) is 18.7 Å². The molecule has 11 heavy (non-hydrogen) atoms. The Morgan fingerprint density at radius 2 is 2.36 bits per heavy atom. The van der Waals surface area contributed by atoms with Crippen LogP contribution < -0.4 is 0 Å². The van der Waals surface area contributed by atoms with Crippen molar-refractivity contribution in [1.82, 2.24) is 0 Å². The molecule has 1 heterocycles. The van der Waals surface area contributed by atoms with Crippen LogP contribution in [0.25, 0.3) is 0 Å². The Bertz CT molecular complexity index is 207. The van der Waals surface area contributed by atoms with Gasteiger partial charge in [0.25, 0.3) is 0 Å². The summed E-state index contributed by atoms with van der Waals surface area (Å²) in [5.41, 5.74) is 0. The minimum absolute atomic E-state index is 0.676. The molecule has 0 N–H and O–H groups in total. The fraction of sp³-hybridized carbons (Fsp3) is 0.400. The maximum Gasteiger partial charge on any atom is 0.00828 e. The van der Waals surface area contributed by atoms with Crippen LogP contribution in [0, 0.1) is 5.92 Å².